The fourth-order valence-corrected chi connectivity index (χ4v) is 2.29. The fourth-order valence-electron chi connectivity index (χ4n) is 1.73. The molecule has 6 heteroatoms. The molecule has 112 valence electrons. The summed E-state index contributed by atoms with van der Waals surface area (Å²) in [6.45, 7) is 1.43. The lowest BCUT2D eigenvalue weighted by molar-refractivity contribution is -0.114. The number of halogens is 1. The topological polar surface area (TPSA) is 70.6 Å². The van der Waals surface area contributed by atoms with E-state index in [9.17, 15) is 9.59 Å². The van der Waals surface area contributed by atoms with Crippen molar-refractivity contribution in [2.45, 2.75) is 6.92 Å². The van der Waals surface area contributed by atoms with Gasteiger partial charge in [0.05, 0.1) is 6.21 Å². The van der Waals surface area contributed by atoms with Crippen LogP contribution in [0.15, 0.2) is 53.6 Å². The van der Waals surface area contributed by atoms with Gasteiger partial charge >= 0.3 is 0 Å². The number of anilines is 1. The Morgan fingerprint density at radius 3 is 2.50 bits per heavy atom. The number of hydrazone groups is 1. The van der Waals surface area contributed by atoms with Crippen molar-refractivity contribution in [2.75, 3.05) is 5.32 Å². The number of carbonyl (C=O) groups excluding carboxylic acids is 2. The third-order valence-corrected chi connectivity index (χ3v) is 3.37. The summed E-state index contributed by atoms with van der Waals surface area (Å²) in [6.07, 6.45) is 1.59. The standard InChI is InChI=1S/C16H14IN3O2/c1-11(21)19-15-7-5-13(6-8-15)16(22)20-18-10-12-3-2-4-14(17)9-12/h2-10H,1H3,(H,19,21)(H,20,22). The molecule has 22 heavy (non-hydrogen) atoms. The number of nitrogens with zero attached hydrogens (tertiary/aromatic N) is 1. The Hall–Kier alpha value is -2.22. The number of nitrogens with one attached hydrogen (secondary N) is 2. The molecule has 0 aliphatic rings. The van der Waals surface area contributed by atoms with Crippen molar-refractivity contribution in [2.24, 2.45) is 5.10 Å². The highest BCUT2D eigenvalue weighted by molar-refractivity contribution is 14.1. The molecule has 2 aromatic rings. The van der Waals surface area contributed by atoms with Crippen molar-refractivity contribution in [3.8, 4) is 0 Å². The predicted octanol–water partition coefficient (Wildman–Crippen LogP) is 3.01. The minimum absolute atomic E-state index is 0.153. The van der Waals surface area contributed by atoms with Crippen LogP contribution in [-0.4, -0.2) is 18.0 Å². The zero-order valence-electron chi connectivity index (χ0n) is 11.8. The Labute approximate surface area is 141 Å². The SMILES string of the molecule is CC(=O)Nc1ccc(C(=O)NN=Cc2cccc(I)c2)cc1. The normalized spacial score (nSPS) is 10.5. The predicted molar refractivity (Wildman–Crippen MR) is 95.0 cm³/mol. The second kappa shape index (κ2) is 7.69. The second-order valence-corrected chi connectivity index (χ2v) is 5.76. The van der Waals surface area contributed by atoms with E-state index in [-0.39, 0.29) is 11.8 Å². The van der Waals surface area contributed by atoms with Crippen molar-refractivity contribution in [1.29, 1.82) is 0 Å². The number of hydrogen-bond acceptors (Lipinski definition) is 3. The van der Waals surface area contributed by atoms with Gasteiger partial charge in [-0.3, -0.25) is 9.59 Å². The van der Waals surface area contributed by atoms with E-state index in [0.717, 1.165) is 9.13 Å². The molecule has 0 spiro atoms. The Morgan fingerprint density at radius 1 is 1.14 bits per heavy atom. The van der Waals surface area contributed by atoms with Gasteiger partial charge in [0.15, 0.2) is 0 Å². The summed E-state index contributed by atoms with van der Waals surface area (Å²) in [5.41, 5.74) is 4.49. The van der Waals surface area contributed by atoms with Gasteiger partial charge in [-0.15, -0.1) is 0 Å². The second-order valence-electron chi connectivity index (χ2n) is 4.51. The molecule has 0 aliphatic carbocycles. The van der Waals surface area contributed by atoms with Crippen molar-refractivity contribution in [1.82, 2.24) is 5.43 Å². The Bertz CT molecular complexity index is 712. The van der Waals surface area contributed by atoms with Crippen LogP contribution in [0.25, 0.3) is 0 Å². The van der Waals surface area contributed by atoms with Gasteiger partial charge in [-0.05, 0) is 64.6 Å². The molecule has 2 N–H and O–H groups in total. The molecule has 0 fully saturated rings. The van der Waals surface area contributed by atoms with E-state index in [2.05, 4.69) is 38.4 Å². The lowest BCUT2D eigenvalue weighted by Crippen LogP contribution is -2.17. The van der Waals surface area contributed by atoms with Crippen LogP contribution in [-0.2, 0) is 4.79 Å². The van der Waals surface area contributed by atoms with Crippen molar-refractivity contribution >= 4 is 46.3 Å². The molecule has 0 radical (unpaired) electrons. The minimum atomic E-state index is -0.309. The molecular formula is C16H14IN3O2. The van der Waals surface area contributed by atoms with Crippen molar-refractivity contribution in [3.05, 3.63) is 63.2 Å². The average Bonchev–Trinajstić information content (AvgIpc) is 2.47. The minimum Gasteiger partial charge on any atom is -0.326 e. The van der Waals surface area contributed by atoms with Gasteiger partial charge < -0.3 is 5.32 Å². The molecule has 0 aromatic heterocycles. The number of benzene rings is 2. The largest absolute Gasteiger partial charge is 0.326 e. The Balaban J connectivity index is 1.96. The van der Waals surface area contributed by atoms with Crippen LogP contribution in [0.1, 0.15) is 22.8 Å². The van der Waals surface area contributed by atoms with Gasteiger partial charge in [0.2, 0.25) is 5.91 Å². The van der Waals surface area contributed by atoms with E-state index in [1.807, 2.05) is 24.3 Å². The summed E-state index contributed by atoms with van der Waals surface area (Å²) in [5, 5.41) is 6.57. The maximum absolute atomic E-state index is 11.9. The van der Waals surface area contributed by atoms with Crippen LogP contribution < -0.4 is 10.7 Å². The van der Waals surface area contributed by atoms with Crippen molar-refractivity contribution in [3.63, 3.8) is 0 Å². The molecule has 0 bridgehead atoms. The van der Waals surface area contributed by atoms with E-state index < -0.39 is 0 Å². The van der Waals surface area contributed by atoms with Gasteiger partial charge in [-0.25, -0.2) is 5.43 Å². The quantitative estimate of drug-likeness (QED) is 0.465. The summed E-state index contributed by atoms with van der Waals surface area (Å²) in [7, 11) is 0. The van der Waals surface area contributed by atoms with Crippen LogP contribution >= 0.6 is 22.6 Å². The number of hydrogen-bond donors (Lipinski definition) is 2. The third-order valence-electron chi connectivity index (χ3n) is 2.70. The molecule has 0 atom stereocenters. The molecule has 2 aromatic carbocycles. The molecule has 5 nitrogen and oxygen atoms in total. The molecular weight excluding hydrogens is 393 g/mol. The Morgan fingerprint density at radius 2 is 1.86 bits per heavy atom. The van der Waals surface area contributed by atoms with Crippen LogP contribution in [0.2, 0.25) is 0 Å². The maximum atomic E-state index is 11.9. The van der Waals surface area contributed by atoms with Gasteiger partial charge in [-0.2, -0.15) is 5.10 Å². The number of carbonyl (C=O) groups is 2. The monoisotopic (exact) mass is 407 g/mol. The number of rotatable bonds is 4. The summed E-state index contributed by atoms with van der Waals surface area (Å²) in [4.78, 5) is 22.8. The van der Waals surface area contributed by atoms with Gasteiger partial charge in [-0.1, -0.05) is 12.1 Å². The first kappa shape index (κ1) is 16.2. The van der Waals surface area contributed by atoms with E-state index in [0.29, 0.717) is 11.3 Å². The van der Waals surface area contributed by atoms with Crippen LogP contribution in [0.3, 0.4) is 0 Å². The highest BCUT2D eigenvalue weighted by Crippen LogP contribution is 2.09. The lowest BCUT2D eigenvalue weighted by atomic mass is 10.2. The van der Waals surface area contributed by atoms with Gasteiger partial charge in [0.1, 0.15) is 0 Å². The molecule has 2 amide bonds. The molecule has 2 rings (SSSR count). The highest BCUT2D eigenvalue weighted by atomic mass is 127. The summed E-state index contributed by atoms with van der Waals surface area (Å²) >= 11 is 2.21. The fraction of sp³-hybridized carbons (Fsp3) is 0.0625. The molecule has 0 saturated carbocycles. The lowest BCUT2D eigenvalue weighted by Gasteiger charge is -2.03. The molecule has 0 saturated heterocycles. The average molecular weight is 407 g/mol. The third kappa shape index (κ3) is 4.96. The van der Waals surface area contributed by atoms with Crippen LogP contribution in [0, 0.1) is 3.57 Å². The summed E-state index contributed by atoms with van der Waals surface area (Å²) in [5.74, 6) is -0.462. The number of amides is 2. The van der Waals surface area contributed by atoms with E-state index in [1.165, 1.54) is 6.92 Å². The molecule has 0 unspecified atom stereocenters. The summed E-state index contributed by atoms with van der Waals surface area (Å²) < 4.78 is 1.10. The van der Waals surface area contributed by atoms with Crippen LogP contribution in [0.5, 0.6) is 0 Å². The maximum Gasteiger partial charge on any atom is 0.271 e. The smallest absolute Gasteiger partial charge is 0.271 e. The summed E-state index contributed by atoms with van der Waals surface area (Å²) in [6, 6.07) is 14.3. The van der Waals surface area contributed by atoms with Gasteiger partial charge in [0, 0.05) is 21.7 Å². The van der Waals surface area contributed by atoms with Crippen molar-refractivity contribution < 1.29 is 9.59 Å². The first-order valence-electron chi connectivity index (χ1n) is 6.51. The molecule has 0 heterocycles. The Kier molecular flexibility index (Phi) is 5.65. The van der Waals surface area contributed by atoms with Gasteiger partial charge in [0.25, 0.3) is 5.91 Å². The first-order chi connectivity index (χ1) is 10.5. The van der Waals surface area contributed by atoms with E-state index in [1.54, 1.807) is 30.5 Å². The van der Waals surface area contributed by atoms with Crippen LogP contribution in [0.4, 0.5) is 5.69 Å². The van der Waals surface area contributed by atoms with E-state index >= 15 is 0 Å². The zero-order valence-corrected chi connectivity index (χ0v) is 14.0. The highest BCUT2D eigenvalue weighted by Gasteiger charge is 2.04. The first-order valence-corrected chi connectivity index (χ1v) is 7.59. The molecule has 0 aliphatic heterocycles. The zero-order chi connectivity index (χ0) is 15.9. The van der Waals surface area contributed by atoms with E-state index in [4.69, 9.17) is 0 Å².